The van der Waals surface area contributed by atoms with Crippen LogP contribution in [0.15, 0.2) is 4.99 Å². The first-order valence-corrected chi connectivity index (χ1v) is 8.75. The Kier molecular flexibility index (Phi) is 8.38. The molecule has 0 radical (unpaired) electrons. The van der Waals surface area contributed by atoms with Crippen molar-refractivity contribution in [2.45, 2.75) is 44.8 Å². The smallest absolute Gasteiger partial charge is 0.193 e. The molecular formula is C15H31N3OS. The molecule has 0 aromatic heterocycles. The fourth-order valence-corrected chi connectivity index (χ4v) is 3.36. The first-order valence-electron chi connectivity index (χ1n) is 7.76. The van der Waals surface area contributed by atoms with Crippen molar-refractivity contribution in [3.8, 4) is 0 Å². The predicted octanol–water partition coefficient (Wildman–Crippen LogP) is 2.60. The molecule has 1 aliphatic heterocycles. The second kappa shape index (κ2) is 9.50. The van der Waals surface area contributed by atoms with Crippen LogP contribution in [0.4, 0.5) is 0 Å². The lowest BCUT2D eigenvalue weighted by Crippen LogP contribution is -2.51. The highest BCUT2D eigenvalue weighted by molar-refractivity contribution is 8.00. The van der Waals surface area contributed by atoms with Crippen molar-refractivity contribution in [3.05, 3.63) is 0 Å². The normalized spacial score (nSPS) is 19.2. The first kappa shape index (κ1) is 17.6. The highest BCUT2D eigenvalue weighted by Gasteiger charge is 2.28. The summed E-state index contributed by atoms with van der Waals surface area (Å²) in [5.74, 6) is 2.21. The second-order valence-corrected chi connectivity index (χ2v) is 7.63. The molecule has 1 N–H and O–H groups in total. The predicted molar refractivity (Wildman–Crippen MR) is 89.8 cm³/mol. The summed E-state index contributed by atoms with van der Waals surface area (Å²) in [4.78, 5) is 6.78. The fourth-order valence-electron chi connectivity index (χ4n) is 2.25. The number of hydrogen-bond donors (Lipinski definition) is 1. The van der Waals surface area contributed by atoms with Gasteiger partial charge in [-0.3, -0.25) is 4.99 Å². The van der Waals surface area contributed by atoms with Gasteiger partial charge < -0.3 is 15.0 Å². The number of rotatable bonds is 7. The van der Waals surface area contributed by atoms with Crippen molar-refractivity contribution in [1.82, 2.24) is 10.2 Å². The maximum Gasteiger partial charge on any atom is 0.193 e. The number of aliphatic imine (C=N–C) groups is 1. The summed E-state index contributed by atoms with van der Waals surface area (Å²) in [6.07, 6.45) is 3.40. The van der Waals surface area contributed by atoms with Gasteiger partial charge in [0.05, 0.1) is 0 Å². The van der Waals surface area contributed by atoms with Crippen LogP contribution in [0.2, 0.25) is 0 Å². The van der Waals surface area contributed by atoms with Crippen LogP contribution in [0.5, 0.6) is 0 Å². The molecule has 0 unspecified atom stereocenters. The van der Waals surface area contributed by atoms with E-state index < -0.39 is 0 Å². The van der Waals surface area contributed by atoms with Crippen LogP contribution < -0.4 is 5.32 Å². The Bertz CT molecular complexity index is 295. The molecule has 1 aliphatic rings. The van der Waals surface area contributed by atoms with Gasteiger partial charge in [0, 0.05) is 50.4 Å². The Morgan fingerprint density at radius 1 is 1.35 bits per heavy atom. The van der Waals surface area contributed by atoms with E-state index in [9.17, 15) is 0 Å². The molecular weight excluding hydrogens is 270 g/mol. The van der Waals surface area contributed by atoms with Gasteiger partial charge in [0.2, 0.25) is 0 Å². The second-order valence-electron chi connectivity index (χ2n) is 5.82. The zero-order chi connectivity index (χ0) is 14.8. The van der Waals surface area contributed by atoms with Crippen molar-refractivity contribution in [1.29, 1.82) is 0 Å². The Balaban J connectivity index is 2.20. The zero-order valence-corrected chi connectivity index (χ0v) is 14.4. The summed E-state index contributed by atoms with van der Waals surface area (Å²) < 4.78 is 5.89. The van der Waals surface area contributed by atoms with Crippen molar-refractivity contribution in [3.63, 3.8) is 0 Å². The molecule has 0 aliphatic carbocycles. The minimum atomic E-state index is 0.319. The zero-order valence-electron chi connectivity index (χ0n) is 13.6. The maximum atomic E-state index is 5.57. The molecule has 0 aromatic carbocycles. The van der Waals surface area contributed by atoms with Crippen LogP contribution in [0.3, 0.4) is 0 Å². The standard InChI is InChI=1S/C15H31N3OS/c1-5-6-10-19-11-7-8-17-14(16-4)18-9-12-20-15(2,3)13-18/h5-13H2,1-4H3,(H,16,17). The molecule has 1 rings (SSSR count). The van der Waals surface area contributed by atoms with Crippen LogP contribution in [0.1, 0.15) is 40.0 Å². The number of unbranched alkanes of at least 4 members (excludes halogenated alkanes) is 1. The molecule has 5 heteroatoms. The average Bonchev–Trinajstić information content (AvgIpc) is 2.41. The van der Waals surface area contributed by atoms with Gasteiger partial charge >= 0.3 is 0 Å². The van der Waals surface area contributed by atoms with E-state index in [1.54, 1.807) is 0 Å². The third-order valence-corrected chi connectivity index (χ3v) is 4.63. The molecule has 20 heavy (non-hydrogen) atoms. The molecule has 4 nitrogen and oxygen atoms in total. The van der Waals surface area contributed by atoms with Crippen LogP contribution in [-0.2, 0) is 4.74 Å². The minimum Gasteiger partial charge on any atom is -0.381 e. The Labute approximate surface area is 128 Å². The van der Waals surface area contributed by atoms with Crippen molar-refractivity contribution in [2.75, 3.05) is 45.6 Å². The van der Waals surface area contributed by atoms with Gasteiger partial charge in [-0.2, -0.15) is 11.8 Å². The Morgan fingerprint density at radius 2 is 2.10 bits per heavy atom. The summed E-state index contributed by atoms with van der Waals surface area (Å²) in [6, 6.07) is 0. The number of thioether (sulfide) groups is 1. The number of nitrogens with zero attached hydrogens (tertiary/aromatic N) is 2. The lowest BCUT2D eigenvalue weighted by Gasteiger charge is -2.39. The average molecular weight is 302 g/mol. The van der Waals surface area contributed by atoms with Gasteiger partial charge in [-0.05, 0) is 26.7 Å². The molecule has 1 fully saturated rings. The van der Waals surface area contributed by atoms with Gasteiger partial charge in [0.15, 0.2) is 5.96 Å². The molecule has 1 saturated heterocycles. The summed E-state index contributed by atoms with van der Waals surface area (Å²) in [7, 11) is 1.87. The van der Waals surface area contributed by atoms with E-state index in [0.29, 0.717) is 4.75 Å². The molecule has 0 saturated carbocycles. The van der Waals surface area contributed by atoms with Crippen LogP contribution in [0, 0.1) is 0 Å². The molecule has 0 amide bonds. The topological polar surface area (TPSA) is 36.9 Å². The maximum absolute atomic E-state index is 5.57. The number of hydrogen-bond acceptors (Lipinski definition) is 3. The van der Waals surface area contributed by atoms with E-state index in [0.717, 1.165) is 51.6 Å². The highest BCUT2D eigenvalue weighted by Crippen LogP contribution is 2.29. The lowest BCUT2D eigenvalue weighted by molar-refractivity contribution is 0.129. The Morgan fingerprint density at radius 3 is 2.75 bits per heavy atom. The number of nitrogens with one attached hydrogen (secondary N) is 1. The fraction of sp³-hybridized carbons (Fsp3) is 0.933. The van der Waals surface area contributed by atoms with Gasteiger partial charge in [0.25, 0.3) is 0 Å². The summed E-state index contributed by atoms with van der Waals surface area (Å²) >= 11 is 2.05. The van der Waals surface area contributed by atoms with E-state index in [-0.39, 0.29) is 0 Å². The SMILES string of the molecule is CCCCOCCCNC(=NC)N1CCSC(C)(C)C1. The third-order valence-electron chi connectivity index (χ3n) is 3.33. The largest absolute Gasteiger partial charge is 0.381 e. The Hall–Kier alpha value is -0.420. The van der Waals surface area contributed by atoms with Crippen LogP contribution in [0.25, 0.3) is 0 Å². The van der Waals surface area contributed by atoms with Crippen molar-refractivity contribution >= 4 is 17.7 Å². The summed E-state index contributed by atoms with van der Waals surface area (Å²) in [5, 5.41) is 3.45. The summed E-state index contributed by atoms with van der Waals surface area (Å²) in [5.41, 5.74) is 0. The molecule has 0 spiro atoms. The molecule has 0 bridgehead atoms. The van der Waals surface area contributed by atoms with Gasteiger partial charge in [-0.15, -0.1) is 0 Å². The van der Waals surface area contributed by atoms with Crippen LogP contribution >= 0.6 is 11.8 Å². The quantitative estimate of drug-likeness (QED) is 0.445. The minimum absolute atomic E-state index is 0.319. The van der Waals surface area contributed by atoms with Gasteiger partial charge in [0.1, 0.15) is 0 Å². The van der Waals surface area contributed by atoms with Gasteiger partial charge in [-0.1, -0.05) is 13.3 Å². The van der Waals surface area contributed by atoms with E-state index >= 15 is 0 Å². The third kappa shape index (κ3) is 6.84. The van der Waals surface area contributed by atoms with Gasteiger partial charge in [-0.25, -0.2) is 0 Å². The van der Waals surface area contributed by atoms with E-state index in [1.165, 1.54) is 12.2 Å². The van der Waals surface area contributed by atoms with E-state index in [4.69, 9.17) is 4.74 Å². The molecule has 118 valence electrons. The van der Waals surface area contributed by atoms with Crippen molar-refractivity contribution in [2.24, 2.45) is 4.99 Å². The first-order chi connectivity index (χ1) is 9.59. The van der Waals surface area contributed by atoms with Crippen LogP contribution in [-0.4, -0.2) is 61.3 Å². The lowest BCUT2D eigenvalue weighted by atomic mass is 10.2. The van der Waals surface area contributed by atoms with Crippen molar-refractivity contribution < 1.29 is 4.74 Å². The summed E-state index contributed by atoms with van der Waals surface area (Å²) in [6.45, 7) is 11.6. The molecule has 1 heterocycles. The van der Waals surface area contributed by atoms with E-state index in [1.807, 2.05) is 18.8 Å². The van der Waals surface area contributed by atoms with E-state index in [2.05, 4.69) is 36.0 Å². The molecule has 0 atom stereocenters. The number of ether oxygens (including phenoxy) is 1. The molecule has 0 aromatic rings. The number of guanidine groups is 1. The monoisotopic (exact) mass is 301 g/mol. The highest BCUT2D eigenvalue weighted by atomic mass is 32.2.